The molecule has 2 rings (SSSR count). The van der Waals surface area contributed by atoms with E-state index in [9.17, 15) is 19.9 Å². The average Bonchev–Trinajstić information content (AvgIpc) is 2.86. The fourth-order valence-corrected chi connectivity index (χ4v) is 7.14. The van der Waals surface area contributed by atoms with Crippen molar-refractivity contribution in [2.45, 2.75) is 82.8 Å². The Morgan fingerprint density at radius 2 is 1.27 bits per heavy atom. The first kappa shape index (κ1) is 27.8. The second kappa shape index (κ2) is 15.4. The number of unbranched alkanes of at least 4 members (excludes halogenated alkanes) is 7. The first-order valence-corrected chi connectivity index (χ1v) is 14.1. The Balaban J connectivity index is 2.18. The zero-order chi connectivity index (χ0) is 23.9. The van der Waals surface area contributed by atoms with Crippen LogP contribution in [-0.4, -0.2) is 46.6 Å². The first-order chi connectivity index (χ1) is 16.0. The molecule has 0 saturated carbocycles. The van der Waals surface area contributed by atoms with Gasteiger partial charge in [-0.2, -0.15) is 0 Å². The summed E-state index contributed by atoms with van der Waals surface area (Å²) in [5.41, 5.74) is 0. The van der Waals surface area contributed by atoms with Crippen LogP contribution >= 0.6 is 7.14 Å². The maximum absolute atomic E-state index is 14.7. The van der Waals surface area contributed by atoms with E-state index in [0.717, 1.165) is 19.3 Å². The zero-order valence-corrected chi connectivity index (χ0v) is 20.8. The maximum atomic E-state index is 14.7. The monoisotopic (exact) mass is 476 g/mol. The molecule has 2 aromatic carbocycles. The largest absolute Gasteiger partial charge is 0.394 e. The first-order valence-electron chi connectivity index (χ1n) is 12.3. The summed E-state index contributed by atoms with van der Waals surface area (Å²) in [6, 6.07) is 18.2. The van der Waals surface area contributed by atoms with Crippen molar-refractivity contribution < 1.29 is 24.6 Å². The molecular formula is C27H41O5P. The molecule has 0 radical (unpaired) electrons. The van der Waals surface area contributed by atoms with E-state index in [1.54, 1.807) is 24.3 Å². The Labute approximate surface area is 199 Å². The number of aliphatic hydroxyl groups is 3. The van der Waals surface area contributed by atoms with Gasteiger partial charge in [-0.3, -0.25) is 0 Å². The van der Waals surface area contributed by atoms with Crippen molar-refractivity contribution in [1.29, 1.82) is 0 Å². The van der Waals surface area contributed by atoms with Gasteiger partial charge in [0.2, 0.25) is 0 Å². The molecule has 0 fully saturated rings. The minimum Gasteiger partial charge on any atom is -0.394 e. The highest BCUT2D eigenvalue weighted by Gasteiger charge is 2.42. The minimum absolute atomic E-state index is 0.195. The second-order valence-corrected chi connectivity index (χ2v) is 11.6. The third-order valence-corrected chi connectivity index (χ3v) is 9.33. The molecule has 0 spiro atoms. The summed E-state index contributed by atoms with van der Waals surface area (Å²) in [4.78, 5) is 0. The summed E-state index contributed by atoms with van der Waals surface area (Å²) in [5.74, 6) is -1.01. The number of rotatable bonds is 17. The van der Waals surface area contributed by atoms with Gasteiger partial charge < -0.3 is 24.6 Å². The van der Waals surface area contributed by atoms with Crippen molar-refractivity contribution in [1.82, 2.24) is 0 Å². The van der Waals surface area contributed by atoms with E-state index in [-0.39, 0.29) is 6.61 Å². The lowest BCUT2D eigenvalue weighted by molar-refractivity contribution is -0.0444. The lowest BCUT2D eigenvalue weighted by Crippen LogP contribution is -2.38. The smallest absolute Gasteiger partial charge is 0.173 e. The SMILES string of the molecule is CCCCCCCCCCC(O)C(OCC(O)CO)P(=O)(c1ccccc1)c1ccccc1. The molecule has 33 heavy (non-hydrogen) atoms. The molecule has 0 bridgehead atoms. The van der Waals surface area contributed by atoms with E-state index in [2.05, 4.69) is 6.92 Å². The molecule has 3 N–H and O–H groups in total. The lowest BCUT2D eigenvalue weighted by atomic mass is 10.1. The standard InChI is InChI=1S/C27H41O5P/c1-2-3-4-5-6-7-8-15-20-26(30)27(32-22-23(29)21-28)33(31,24-16-11-9-12-17-24)25-18-13-10-14-19-25/h9-14,16-19,23,26-30H,2-8,15,20-22H2,1H3. The van der Waals surface area contributed by atoms with Gasteiger partial charge in [-0.25, -0.2) is 0 Å². The van der Waals surface area contributed by atoms with E-state index in [4.69, 9.17) is 4.74 Å². The predicted octanol–water partition coefficient (Wildman–Crippen LogP) is 4.59. The molecule has 6 heteroatoms. The predicted molar refractivity (Wildman–Crippen MR) is 136 cm³/mol. The number of hydrogen-bond acceptors (Lipinski definition) is 5. The Bertz CT molecular complexity index is 755. The highest BCUT2D eigenvalue weighted by Crippen LogP contribution is 2.51. The van der Waals surface area contributed by atoms with Gasteiger partial charge in [0.05, 0.1) is 19.3 Å². The molecule has 0 aliphatic rings. The minimum atomic E-state index is -3.40. The van der Waals surface area contributed by atoms with Gasteiger partial charge in [-0.1, -0.05) is 119 Å². The van der Waals surface area contributed by atoms with E-state index in [0.29, 0.717) is 17.0 Å². The Kier molecular flexibility index (Phi) is 13.0. The van der Waals surface area contributed by atoms with E-state index < -0.39 is 31.8 Å². The van der Waals surface area contributed by atoms with Crippen LogP contribution in [0.2, 0.25) is 0 Å². The molecule has 5 nitrogen and oxygen atoms in total. The fraction of sp³-hybridized carbons (Fsp3) is 0.556. The second-order valence-electron chi connectivity index (χ2n) is 8.72. The van der Waals surface area contributed by atoms with Gasteiger partial charge in [0.25, 0.3) is 0 Å². The molecule has 0 aliphatic heterocycles. The summed E-state index contributed by atoms with van der Waals surface area (Å²) in [7, 11) is -3.40. The van der Waals surface area contributed by atoms with Gasteiger partial charge in [0, 0.05) is 10.6 Å². The summed E-state index contributed by atoms with van der Waals surface area (Å²) in [6.07, 6.45) is 7.62. The van der Waals surface area contributed by atoms with Crippen LogP contribution in [0.5, 0.6) is 0 Å². The summed E-state index contributed by atoms with van der Waals surface area (Å²) in [6.45, 7) is 1.56. The van der Waals surface area contributed by atoms with Crippen molar-refractivity contribution in [2.75, 3.05) is 13.2 Å². The van der Waals surface area contributed by atoms with Gasteiger partial charge in [0.15, 0.2) is 7.14 Å². The van der Waals surface area contributed by atoms with Crippen molar-refractivity contribution in [3.63, 3.8) is 0 Å². The van der Waals surface area contributed by atoms with Crippen LogP contribution in [0, 0.1) is 0 Å². The van der Waals surface area contributed by atoms with Crippen molar-refractivity contribution in [3.05, 3.63) is 60.7 Å². The van der Waals surface area contributed by atoms with Gasteiger partial charge >= 0.3 is 0 Å². The summed E-state index contributed by atoms with van der Waals surface area (Å²) in [5, 5.41) is 31.5. The topological polar surface area (TPSA) is 87.0 Å². The Morgan fingerprint density at radius 1 is 0.788 bits per heavy atom. The Hall–Kier alpha value is -1.49. The quantitative estimate of drug-likeness (QED) is 0.230. The van der Waals surface area contributed by atoms with Crippen LogP contribution in [-0.2, 0) is 9.30 Å². The normalized spacial score (nSPS) is 14.7. The highest BCUT2D eigenvalue weighted by atomic mass is 31.2. The molecule has 0 aliphatic carbocycles. The molecule has 2 aromatic rings. The highest BCUT2D eigenvalue weighted by molar-refractivity contribution is 7.79. The van der Waals surface area contributed by atoms with Crippen molar-refractivity contribution in [2.24, 2.45) is 0 Å². The third kappa shape index (κ3) is 8.66. The van der Waals surface area contributed by atoms with Crippen LogP contribution in [0.3, 0.4) is 0 Å². The Morgan fingerprint density at radius 3 is 1.76 bits per heavy atom. The molecule has 0 amide bonds. The van der Waals surface area contributed by atoms with Crippen LogP contribution in [0.15, 0.2) is 60.7 Å². The molecule has 0 heterocycles. The lowest BCUT2D eigenvalue weighted by Gasteiger charge is -2.32. The van der Waals surface area contributed by atoms with E-state index in [1.165, 1.54) is 32.1 Å². The molecular weight excluding hydrogens is 435 g/mol. The van der Waals surface area contributed by atoms with Crippen LogP contribution < -0.4 is 10.6 Å². The zero-order valence-electron chi connectivity index (χ0n) is 19.9. The van der Waals surface area contributed by atoms with Crippen LogP contribution in [0.1, 0.15) is 64.7 Å². The molecule has 0 aromatic heterocycles. The summed E-state index contributed by atoms with van der Waals surface area (Å²) >= 11 is 0. The van der Waals surface area contributed by atoms with Gasteiger partial charge in [0.1, 0.15) is 11.9 Å². The maximum Gasteiger partial charge on any atom is 0.173 e. The van der Waals surface area contributed by atoms with Gasteiger partial charge in [-0.15, -0.1) is 0 Å². The fourth-order valence-electron chi connectivity index (χ4n) is 4.09. The number of aliphatic hydroxyl groups excluding tert-OH is 3. The molecule has 3 atom stereocenters. The van der Waals surface area contributed by atoms with Crippen LogP contribution in [0.25, 0.3) is 0 Å². The van der Waals surface area contributed by atoms with Crippen LogP contribution in [0.4, 0.5) is 0 Å². The van der Waals surface area contributed by atoms with Crippen molar-refractivity contribution in [3.8, 4) is 0 Å². The number of benzene rings is 2. The molecule has 0 saturated heterocycles. The van der Waals surface area contributed by atoms with E-state index in [1.807, 2.05) is 36.4 Å². The number of ether oxygens (including phenoxy) is 1. The third-order valence-electron chi connectivity index (χ3n) is 5.99. The van der Waals surface area contributed by atoms with Crippen molar-refractivity contribution >= 4 is 17.8 Å². The molecule has 184 valence electrons. The van der Waals surface area contributed by atoms with Gasteiger partial charge in [-0.05, 0) is 6.42 Å². The summed E-state index contributed by atoms with van der Waals surface area (Å²) < 4.78 is 20.6. The average molecular weight is 477 g/mol. The number of hydrogen-bond donors (Lipinski definition) is 3. The van der Waals surface area contributed by atoms with E-state index >= 15 is 0 Å². The molecule has 3 unspecified atom stereocenters.